The number of carbonyl (C=O) groups excluding carboxylic acids is 1. The van der Waals surface area contributed by atoms with E-state index >= 15 is 0 Å². The number of benzene rings is 1. The highest BCUT2D eigenvalue weighted by molar-refractivity contribution is 6.33. The Morgan fingerprint density at radius 2 is 2.00 bits per heavy atom. The standard InChI is InChI=1S/C12H13ClFNO3/c1-6(2)10(12(17)18)15-11(16)8-4-3-7(14)5-9(8)13/h3-6,10H,1-2H3,(H,15,16)(H,17,18)/t10-/m0/s1. The molecule has 1 aromatic rings. The summed E-state index contributed by atoms with van der Waals surface area (Å²) in [6, 6.07) is 2.29. The number of halogens is 2. The van der Waals surface area contributed by atoms with Gasteiger partial charge in [0.2, 0.25) is 0 Å². The molecule has 0 fully saturated rings. The van der Waals surface area contributed by atoms with E-state index in [0.717, 1.165) is 12.1 Å². The molecule has 0 unspecified atom stereocenters. The number of hydrogen-bond acceptors (Lipinski definition) is 2. The number of carbonyl (C=O) groups is 2. The first kappa shape index (κ1) is 14.4. The lowest BCUT2D eigenvalue weighted by atomic mass is 10.0. The predicted molar refractivity (Wildman–Crippen MR) is 65.1 cm³/mol. The van der Waals surface area contributed by atoms with Gasteiger partial charge in [0.25, 0.3) is 5.91 Å². The van der Waals surface area contributed by atoms with Crippen molar-refractivity contribution in [2.24, 2.45) is 5.92 Å². The quantitative estimate of drug-likeness (QED) is 0.885. The van der Waals surface area contributed by atoms with Crippen LogP contribution in [-0.2, 0) is 4.79 Å². The minimum Gasteiger partial charge on any atom is -0.480 e. The van der Waals surface area contributed by atoms with Crippen molar-refractivity contribution < 1.29 is 19.1 Å². The summed E-state index contributed by atoms with van der Waals surface area (Å²) >= 11 is 5.72. The number of aliphatic carboxylic acids is 1. The molecule has 4 nitrogen and oxygen atoms in total. The van der Waals surface area contributed by atoms with E-state index < -0.39 is 23.7 Å². The summed E-state index contributed by atoms with van der Waals surface area (Å²) in [5.41, 5.74) is 0.0463. The average molecular weight is 274 g/mol. The highest BCUT2D eigenvalue weighted by Crippen LogP contribution is 2.17. The van der Waals surface area contributed by atoms with Gasteiger partial charge in [-0.2, -0.15) is 0 Å². The van der Waals surface area contributed by atoms with Crippen LogP contribution in [0.2, 0.25) is 5.02 Å². The molecule has 18 heavy (non-hydrogen) atoms. The summed E-state index contributed by atoms with van der Waals surface area (Å²) in [5, 5.41) is 11.2. The van der Waals surface area contributed by atoms with Crippen molar-refractivity contribution in [3.63, 3.8) is 0 Å². The predicted octanol–water partition coefficient (Wildman–Crippen LogP) is 2.32. The lowest BCUT2D eigenvalue weighted by Gasteiger charge is -2.18. The van der Waals surface area contributed by atoms with Crippen LogP contribution in [0.15, 0.2) is 18.2 Å². The lowest BCUT2D eigenvalue weighted by molar-refractivity contribution is -0.140. The maximum atomic E-state index is 12.8. The second-order valence-electron chi connectivity index (χ2n) is 4.16. The fourth-order valence-electron chi connectivity index (χ4n) is 1.41. The fourth-order valence-corrected chi connectivity index (χ4v) is 1.66. The Morgan fingerprint density at radius 3 is 2.44 bits per heavy atom. The van der Waals surface area contributed by atoms with Crippen LogP contribution in [0.1, 0.15) is 24.2 Å². The van der Waals surface area contributed by atoms with Crippen LogP contribution in [0, 0.1) is 11.7 Å². The maximum Gasteiger partial charge on any atom is 0.326 e. The Bertz CT molecular complexity index is 476. The largest absolute Gasteiger partial charge is 0.480 e. The third-order valence-electron chi connectivity index (χ3n) is 2.40. The zero-order chi connectivity index (χ0) is 13.9. The molecule has 0 aromatic heterocycles. The van der Waals surface area contributed by atoms with Gasteiger partial charge in [-0.1, -0.05) is 25.4 Å². The number of carboxylic acids is 1. The Kier molecular flexibility index (Phi) is 4.67. The van der Waals surface area contributed by atoms with Crippen LogP contribution in [0.4, 0.5) is 4.39 Å². The molecule has 98 valence electrons. The van der Waals surface area contributed by atoms with Crippen molar-refractivity contribution in [1.82, 2.24) is 5.32 Å². The second-order valence-corrected chi connectivity index (χ2v) is 4.56. The molecule has 0 aliphatic heterocycles. The van der Waals surface area contributed by atoms with Crippen LogP contribution in [0.3, 0.4) is 0 Å². The van der Waals surface area contributed by atoms with E-state index in [2.05, 4.69) is 5.32 Å². The first-order valence-corrected chi connectivity index (χ1v) is 5.69. The Morgan fingerprint density at radius 1 is 1.39 bits per heavy atom. The number of hydrogen-bond donors (Lipinski definition) is 2. The molecule has 0 aliphatic rings. The van der Waals surface area contributed by atoms with Gasteiger partial charge in [-0.05, 0) is 24.1 Å². The zero-order valence-electron chi connectivity index (χ0n) is 9.91. The Hall–Kier alpha value is -1.62. The molecule has 1 rings (SSSR count). The van der Waals surface area contributed by atoms with Crippen molar-refractivity contribution in [2.45, 2.75) is 19.9 Å². The summed E-state index contributed by atoms with van der Waals surface area (Å²) in [7, 11) is 0. The van der Waals surface area contributed by atoms with Crippen molar-refractivity contribution in [2.75, 3.05) is 0 Å². The topological polar surface area (TPSA) is 66.4 Å². The van der Waals surface area contributed by atoms with E-state index in [9.17, 15) is 14.0 Å². The normalized spacial score (nSPS) is 12.3. The molecular formula is C12H13ClFNO3. The molecule has 0 radical (unpaired) electrons. The van der Waals surface area contributed by atoms with Gasteiger partial charge in [0.15, 0.2) is 0 Å². The minimum absolute atomic E-state index is 0.0463. The summed E-state index contributed by atoms with van der Waals surface area (Å²) in [6.45, 7) is 3.34. The lowest BCUT2D eigenvalue weighted by Crippen LogP contribution is -2.44. The molecule has 0 heterocycles. The van der Waals surface area contributed by atoms with Crippen molar-refractivity contribution in [3.05, 3.63) is 34.6 Å². The van der Waals surface area contributed by atoms with Gasteiger partial charge in [0.1, 0.15) is 11.9 Å². The number of rotatable bonds is 4. The van der Waals surface area contributed by atoms with Crippen molar-refractivity contribution in [1.29, 1.82) is 0 Å². The molecule has 1 atom stereocenters. The van der Waals surface area contributed by atoms with Crippen LogP contribution in [0.25, 0.3) is 0 Å². The van der Waals surface area contributed by atoms with Crippen molar-refractivity contribution >= 4 is 23.5 Å². The first-order chi connectivity index (χ1) is 8.32. The summed E-state index contributed by atoms with van der Waals surface area (Å²) in [4.78, 5) is 22.8. The SMILES string of the molecule is CC(C)[C@H](NC(=O)c1ccc(F)cc1Cl)C(=O)O. The minimum atomic E-state index is -1.13. The van der Waals surface area contributed by atoms with Gasteiger partial charge in [0.05, 0.1) is 10.6 Å². The molecule has 0 saturated heterocycles. The van der Waals surface area contributed by atoms with E-state index in [1.54, 1.807) is 13.8 Å². The first-order valence-electron chi connectivity index (χ1n) is 5.31. The Balaban J connectivity index is 2.91. The van der Waals surface area contributed by atoms with Gasteiger partial charge in [-0.3, -0.25) is 4.79 Å². The molecule has 1 aromatic carbocycles. The van der Waals surface area contributed by atoms with Crippen LogP contribution >= 0.6 is 11.6 Å². The van der Waals surface area contributed by atoms with E-state index in [4.69, 9.17) is 16.7 Å². The summed E-state index contributed by atoms with van der Waals surface area (Å²) in [6.07, 6.45) is 0. The number of carboxylic acid groups (broad SMARTS) is 1. The van der Waals surface area contributed by atoms with E-state index in [1.807, 2.05) is 0 Å². The van der Waals surface area contributed by atoms with Crippen LogP contribution in [0.5, 0.6) is 0 Å². The molecule has 6 heteroatoms. The smallest absolute Gasteiger partial charge is 0.326 e. The monoisotopic (exact) mass is 273 g/mol. The molecule has 0 spiro atoms. The van der Waals surface area contributed by atoms with Gasteiger partial charge in [-0.15, -0.1) is 0 Å². The molecule has 0 bridgehead atoms. The van der Waals surface area contributed by atoms with Crippen LogP contribution in [-0.4, -0.2) is 23.0 Å². The fraction of sp³-hybridized carbons (Fsp3) is 0.333. The second kappa shape index (κ2) is 5.82. The average Bonchev–Trinajstić information content (AvgIpc) is 2.24. The van der Waals surface area contributed by atoms with Gasteiger partial charge >= 0.3 is 5.97 Å². The van der Waals surface area contributed by atoms with E-state index in [-0.39, 0.29) is 16.5 Å². The zero-order valence-corrected chi connectivity index (χ0v) is 10.7. The highest BCUT2D eigenvalue weighted by Gasteiger charge is 2.24. The number of nitrogens with one attached hydrogen (secondary N) is 1. The third-order valence-corrected chi connectivity index (χ3v) is 2.71. The van der Waals surface area contributed by atoms with E-state index in [0.29, 0.717) is 0 Å². The van der Waals surface area contributed by atoms with E-state index in [1.165, 1.54) is 6.07 Å². The van der Waals surface area contributed by atoms with Gasteiger partial charge < -0.3 is 10.4 Å². The third kappa shape index (κ3) is 3.43. The molecule has 0 aliphatic carbocycles. The van der Waals surface area contributed by atoms with Gasteiger partial charge in [-0.25, -0.2) is 9.18 Å². The number of amides is 1. The molecular weight excluding hydrogens is 261 g/mol. The molecule has 0 saturated carbocycles. The Labute approximate surface area is 109 Å². The molecule has 2 N–H and O–H groups in total. The summed E-state index contributed by atoms with van der Waals surface area (Å²) < 4.78 is 12.8. The van der Waals surface area contributed by atoms with Crippen molar-refractivity contribution in [3.8, 4) is 0 Å². The van der Waals surface area contributed by atoms with Crippen LogP contribution < -0.4 is 5.32 Å². The summed E-state index contributed by atoms with van der Waals surface area (Å²) in [5.74, 6) is -2.60. The molecule has 1 amide bonds. The highest BCUT2D eigenvalue weighted by atomic mass is 35.5. The maximum absolute atomic E-state index is 12.8. The van der Waals surface area contributed by atoms with Gasteiger partial charge in [0, 0.05) is 0 Å².